The molecule has 104 valence electrons. The summed E-state index contributed by atoms with van der Waals surface area (Å²) in [6.07, 6.45) is 4.13. The van der Waals surface area contributed by atoms with E-state index in [0.29, 0.717) is 5.92 Å². The molecule has 0 amide bonds. The van der Waals surface area contributed by atoms with Gasteiger partial charge in [0.25, 0.3) is 0 Å². The molecule has 0 bridgehead atoms. The highest BCUT2D eigenvalue weighted by molar-refractivity contribution is 5.56. The second-order valence-electron chi connectivity index (χ2n) is 5.29. The van der Waals surface area contributed by atoms with Crippen LogP contribution in [0.2, 0.25) is 0 Å². The fourth-order valence-electron chi connectivity index (χ4n) is 2.68. The van der Waals surface area contributed by atoms with Crippen molar-refractivity contribution in [1.82, 2.24) is 15.3 Å². The Bertz CT molecular complexity index is 562. The van der Waals surface area contributed by atoms with E-state index in [4.69, 9.17) is 4.98 Å². The smallest absolute Gasteiger partial charge is 0.130 e. The fraction of sp³-hybridized carbons (Fsp3) is 0.375. The normalized spacial score (nSPS) is 16.1. The number of hydrogen-bond donors (Lipinski definition) is 2. The van der Waals surface area contributed by atoms with Crippen molar-refractivity contribution in [1.29, 1.82) is 0 Å². The largest absolute Gasteiger partial charge is 0.340 e. The molecule has 2 aromatic rings. The number of hydrogen-bond acceptors (Lipinski definition) is 4. The Morgan fingerprint density at radius 2 is 2.05 bits per heavy atom. The number of rotatable bonds is 3. The van der Waals surface area contributed by atoms with Gasteiger partial charge in [-0.1, -0.05) is 6.07 Å². The van der Waals surface area contributed by atoms with Crippen LogP contribution in [-0.4, -0.2) is 23.1 Å². The summed E-state index contributed by atoms with van der Waals surface area (Å²) in [6, 6.07) is 10.1. The lowest BCUT2D eigenvalue weighted by Gasteiger charge is -2.23. The monoisotopic (exact) mass is 268 g/mol. The van der Waals surface area contributed by atoms with E-state index in [2.05, 4.69) is 27.8 Å². The van der Waals surface area contributed by atoms with E-state index in [9.17, 15) is 0 Å². The van der Waals surface area contributed by atoms with Gasteiger partial charge in [0.05, 0.1) is 0 Å². The average molecular weight is 268 g/mol. The zero-order valence-corrected chi connectivity index (χ0v) is 11.8. The first-order valence-electron chi connectivity index (χ1n) is 7.18. The van der Waals surface area contributed by atoms with Crippen LogP contribution in [0.15, 0.2) is 36.5 Å². The molecule has 0 aromatic carbocycles. The molecule has 20 heavy (non-hydrogen) atoms. The minimum absolute atomic E-state index is 0.570. The van der Waals surface area contributed by atoms with Gasteiger partial charge < -0.3 is 10.6 Å². The van der Waals surface area contributed by atoms with E-state index in [0.717, 1.165) is 30.3 Å². The molecule has 4 heteroatoms. The maximum atomic E-state index is 4.71. The van der Waals surface area contributed by atoms with Gasteiger partial charge in [-0.15, -0.1) is 0 Å². The molecule has 1 aliphatic heterocycles. The summed E-state index contributed by atoms with van der Waals surface area (Å²) in [5.41, 5.74) is 3.33. The van der Waals surface area contributed by atoms with Crippen LogP contribution in [0.1, 0.15) is 30.1 Å². The topological polar surface area (TPSA) is 49.8 Å². The Labute approximate surface area is 119 Å². The van der Waals surface area contributed by atoms with E-state index >= 15 is 0 Å². The van der Waals surface area contributed by atoms with Crippen LogP contribution in [0.25, 0.3) is 0 Å². The second-order valence-corrected chi connectivity index (χ2v) is 5.29. The van der Waals surface area contributed by atoms with Crippen LogP contribution in [-0.2, 0) is 0 Å². The van der Waals surface area contributed by atoms with Gasteiger partial charge in [-0.25, -0.2) is 4.98 Å². The molecule has 3 heterocycles. The van der Waals surface area contributed by atoms with Gasteiger partial charge in [-0.2, -0.15) is 0 Å². The lowest BCUT2D eigenvalue weighted by atomic mass is 9.93. The molecule has 1 aliphatic rings. The van der Waals surface area contributed by atoms with Gasteiger partial charge in [-0.3, -0.25) is 4.98 Å². The lowest BCUT2D eigenvalue weighted by molar-refractivity contribution is 0.453. The van der Waals surface area contributed by atoms with Gasteiger partial charge in [0.2, 0.25) is 0 Å². The quantitative estimate of drug-likeness (QED) is 0.898. The van der Waals surface area contributed by atoms with E-state index < -0.39 is 0 Å². The van der Waals surface area contributed by atoms with Crippen molar-refractivity contribution in [3.8, 4) is 0 Å². The summed E-state index contributed by atoms with van der Waals surface area (Å²) in [7, 11) is 0. The average Bonchev–Trinajstić information content (AvgIpc) is 2.49. The Hall–Kier alpha value is -1.94. The SMILES string of the molecule is Cc1cc(Nc2ccccn2)cc(C2CCNCC2)n1. The summed E-state index contributed by atoms with van der Waals surface area (Å²) in [6.45, 7) is 4.22. The van der Waals surface area contributed by atoms with Crippen LogP contribution in [0.3, 0.4) is 0 Å². The molecule has 0 saturated carbocycles. The van der Waals surface area contributed by atoms with Crippen molar-refractivity contribution in [3.05, 3.63) is 47.9 Å². The number of anilines is 2. The zero-order chi connectivity index (χ0) is 13.8. The minimum Gasteiger partial charge on any atom is -0.340 e. The fourth-order valence-corrected chi connectivity index (χ4v) is 2.68. The summed E-state index contributed by atoms with van der Waals surface area (Å²) in [5.74, 6) is 1.44. The van der Waals surface area contributed by atoms with Crippen LogP contribution in [0.5, 0.6) is 0 Å². The number of nitrogens with one attached hydrogen (secondary N) is 2. The standard InChI is InChI=1S/C16H20N4/c1-12-10-14(20-16-4-2-3-7-18-16)11-15(19-12)13-5-8-17-9-6-13/h2-4,7,10-11,13,17H,5-6,8-9H2,1H3,(H,18,19,20). The first-order valence-corrected chi connectivity index (χ1v) is 7.18. The number of piperidine rings is 1. The zero-order valence-electron chi connectivity index (χ0n) is 11.8. The first kappa shape index (κ1) is 13.1. The van der Waals surface area contributed by atoms with Crippen molar-refractivity contribution in [3.63, 3.8) is 0 Å². The summed E-state index contributed by atoms with van der Waals surface area (Å²) in [5, 5.41) is 6.76. The Kier molecular flexibility index (Phi) is 3.92. The van der Waals surface area contributed by atoms with Crippen molar-refractivity contribution in [2.75, 3.05) is 18.4 Å². The number of aromatic nitrogens is 2. The van der Waals surface area contributed by atoms with Crippen molar-refractivity contribution in [2.45, 2.75) is 25.7 Å². The van der Waals surface area contributed by atoms with Crippen LogP contribution >= 0.6 is 0 Å². The van der Waals surface area contributed by atoms with Gasteiger partial charge >= 0.3 is 0 Å². The maximum absolute atomic E-state index is 4.71. The molecule has 2 N–H and O–H groups in total. The van der Waals surface area contributed by atoms with Crippen molar-refractivity contribution in [2.24, 2.45) is 0 Å². The van der Waals surface area contributed by atoms with Crippen molar-refractivity contribution < 1.29 is 0 Å². The molecule has 0 radical (unpaired) electrons. The third-order valence-electron chi connectivity index (χ3n) is 3.67. The second kappa shape index (κ2) is 6.01. The summed E-state index contributed by atoms with van der Waals surface area (Å²) >= 11 is 0. The molecule has 4 nitrogen and oxygen atoms in total. The number of aryl methyl sites for hydroxylation is 1. The lowest BCUT2D eigenvalue weighted by Crippen LogP contribution is -2.27. The Morgan fingerprint density at radius 1 is 1.20 bits per heavy atom. The Morgan fingerprint density at radius 3 is 2.80 bits per heavy atom. The first-order chi connectivity index (χ1) is 9.81. The van der Waals surface area contributed by atoms with Crippen LogP contribution < -0.4 is 10.6 Å². The molecule has 2 aromatic heterocycles. The molecule has 1 saturated heterocycles. The Balaban J connectivity index is 1.82. The van der Waals surface area contributed by atoms with Gasteiger partial charge in [0.15, 0.2) is 0 Å². The molecule has 0 atom stereocenters. The molecular formula is C16H20N4. The maximum Gasteiger partial charge on any atom is 0.130 e. The molecule has 0 spiro atoms. The predicted molar refractivity (Wildman–Crippen MR) is 81.3 cm³/mol. The third kappa shape index (κ3) is 3.14. The van der Waals surface area contributed by atoms with E-state index in [1.807, 2.05) is 25.1 Å². The molecule has 0 aliphatic carbocycles. The highest BCUT2D eigenvalue weighted by Crippen LogP contribution is 2.27. The molecule has 0 unspecified atom stereocenters. The molecule has 1 fully saturated rings. The molecule has 3 rings (SSSR count). The van der Waals surface area contributed by atoms with Crippen molar-refractivity contribution >= 4 is 11.5 Å². The van der Waals surface area contributed by atoms with Gasteiger partial charge in [0, 0.05) is 29.2 Å². The molecular weight excluding hydrogens is 248 g/mol. The number of nitrogens with zero attached hydrogens (tertiary/aromatic N) is 2. The van der Waals surface area contributed by atoms with E-state index in [1.165, 1.54) is 18.5 Å². The highest BCUT2D eigenvalue weighted by atomic mass is 15.0. The highest BCUT2D eigenvalue weighted by Gasteiger charge is 2.17. The third-order valence-corrected chi connectivity index (χ3v) is 3.67. The van der Waals surface area contributed by atoms with E-state index in [-0.39, 0.29) is 0 Å². The number of pyridine rings is 2. The minimum atomic E-state index is 0.570. The van der Waals surface area contributed by atoms with Crippen LogP contribution in [0, 0.1) is 6.92 Å². The summed E-state index contributed by atoms with van der Waals surface area (Å²) < 4.78 is 0. The summed E-state index contributed by atoms with van der Waals surface area (Å²) in [4.78, 5) is 9.02. The van der Waals surface area contributed by atoms with Crippen LogP contribution in [0.4, 0.5) is 11.5 Å². The van der Waals surface area contributed by atoms with Gasteiger partial charge in [-0.05, 0) is 57.1 Å². The predicted octanol–water partition coefficient (Wildman–Crippen LogP) is 3.00. The van der Waals surface area contributed by atoms with E-state index in [1.54, 1.807) is 6.20 Å². The van der Waals surface area contributed by atoms with Gasteiger partial charge in [0.1, 0.15) is 5.82 Å².